The molecular formula is C13H9ClF2OS. The molecule has 0 N–H and O–H groups in total. The van der Waals surface area contributed by atoms with E-state index in [0.29, 0.717) is 4.34 Å². The van der Waals surface area contributed by atoms with E-state index < -0.39 is 11.6 Å². The highest BCUT2D eigenvalue weighted by atomic mass is 35.5. The van der Waals surface area contributed by atoms with Crippen molar-refractivity contribution in [2.24, 2.45) is 0 Å². The second-order valence-corrected chi connectivity index (χ2v) is 5.63. The van der Waals surface area contributed by atoms with E-state index in [9.17, 15) is 13.6 Å². The van der Waals surface area contributed by atoms with Gasteiger partial charge in [-0.25, -0.2) is 8.78 Å². The largest absolute Gasteiger partial charge is 0.299 e. The van der Waals surface area contributed by atoms with Gasteiger partial charge in [-0.05, 0) is 23.8 Å². The van der Waals surface area contributed by atoms with Gasteiger partial charge >= 0.3 is 0 Å². The predicted octanol–water partition coefficient (Wildman–Crippen LogP) is 4.03. The molecule has 1 aromatic heterocycles. The van der Waals surface area contributed by atoms with Crippen LogP contribution in [0.5, 0.6) is 0 Å². The van der Waals surface area contributed by atoms with Crippen molar-refractivity contribution in [3.63, 3.8) is 0 Å². The molecule has 0 unspecified atom stereocenters. The zero-order valence-corrected chi connectivity index (χ0v) is 10.8. The average Bonchev–Trinajstić information content (AvgIpc) is 2.68. The molecule has 0 radical (unpaired) electrons. The number of carbonyl (C=O) groups excluding carboxylic acids is 1. The molecule has 0 amide bonds. The summed E-state index contributed by atoms with van der Waals surface area (Å²) in [4.78, 5) is 12.6. The van der Waals surface area contributed by atoms with Crippen molar-refractivity contribution in [3.8, 4) is 0 Å². The minimum Gasteiger partial charge on any atom is -0.299 e. The molecule has 0 saturated carbocycles. The van der Waals surface area contributed by atoms with E-state index in [1.807, 2.05) is 0 Å². The molecule has 0 aliphatic rings. The molecule has 1 heterocycles. The zero-order valence-electron chi connectivity index (χ0n) is 9.25. The van der Waals surface area contributed by atoms with E-state index in [2.05, 4.69) is 0 Å². The summed E-state index contributed by atoms with van der Waals surface area (Å²) in [5, 5.41) is 0. The van der Waals surface area contributed by atoms with E-state index in [1.54, 1.807) is 12.1 Å². The standard InChI is InChI=1S/C13H9ClF2OS/c14-13-4-3-11(18-13)7-10(17)5-8-1-2-9(15)6-12(8)16/h1-4,6H,5,7H2. The summed E-state index contributed by atoms with van der Waals surface area (Å²) >= 11 is 7.08. The summed E-state index contributed by atoms with van der Waals surface area (Å²) in [6.45, 7) is 0. The fourth-order valence-corrected chi connectivity index (χ4v) is 2.70. The van der Waals surface area contributed by atoms with E-state index in [4.69, 9.17) is 11.6 Å². The lowest BCUT2D eigenvalue weighted by Crippen LogP contribution is -2.07. The molecule has 2 rings (SSSR count). The molecule has 0 aliphatic heterocycles. The Morgan fingerprint density at radius 3 is 2.56 bits per heavy atom. The number of rotatable bonds is 4. The first-order valence-corrected chi connectivity index (χ1v) is 6.44. The molecule has 1 nitrogen and oxygen atoms in total. The Bertz CT molecular complexity index is 580. The van der Waals surface area contributed by atoms with Crippen molar-refractivity contribution < 1.29 is 13.6 Å². The maximum atomic E-state index is 13.3. The molecule has 2 aromatic rings. The first-order chi connectivity index (χ1) is 8.54. The van der Waals surface area contributed by atoms with Gasteiger partial charge in [0.15, 0.2) is 0 Å². The smallest absolute Gasteiger partial charge is 0.142 e. The molecule has 0 spiro atoms. The van der Waals surface area contributed by atoms with E-state index in [1.165, 1.54) is 17.4 Å². The van der Waals surface area contributed by atoms with Gasteiger partial charge in [-0.15, -0.1) is 11.3 Å². The number of ketones is 1. The third-order valence-electron chi connectivity index (χ3n) is 2.40. The molecular weight excluding hydrogens is 278 g/mol. The maximum absolute atomic E-state index is 13.3. The number of Topliss-reactive ketones (excluding diaryl/α,β-unsaturated/α-hetero) is 1. The number of thiophene rings is 1. The van der Waals surface area contributed by atoms with E-state index in [-0.39, 0.29) is 24.2 Å². The Balaban J connectivity index is 2.03. The van der Waals surface area contributed by atoms with Crippen molar-refractivity contribution in [1.29, 1.82) is 0 Å². The predicted molar refractivity (Wildman–Crippen MR) is 68.1 cm³/mol. The lowest BCUT2D eigenvalue weighted by atomic mass is 10.1. The highest BCUT2D eigenvalue weighted by Crippen LogP contribution is 2.22. The second-order valence-electron chi connectivity index (χ2n) is 3.83. The monoisotopic (exact) mass is 286 g/mol. The Kier molecular flexibility index (Phi) is 4.09. The van der Waals surface area contributed by atoms with Crippen LogP contribution in [0.4, 0.5) is 8.78 Å². The normalized spacial score (nSPS) is 10.6. The van der Waals surface area contributed by atoms with Gasteiger partial charge in [-0.3, -0.25) is 4.79 Å². The topological polar surface area (TPSA) is 17.1 Å². The highest BCUT2D eigenvalue weighted by Gasteiger charge is 2.11. The molecule has 94 valence electrons. The Labute approximate surface area is 112 Å². The van der Waals surface area contributed by atoms with Crippen LogP contribution in [0.15, 0.2) is 30.3 Å². The first-order valence-electron chi connectivity index (χ1n) is 5.24. The molecule has 5 heteroatoms. The lowest BCUT2D eigenvalue weighted by molar-refractivity contribution is -0.117. The fourth-order valence-electron chi connectivity index (χ4n) is 1.58. The first kappa shape index (κ1) is 13.2. The summed E-state index contributed by atoms with van der Waals surface area (Å²) in [5.41, 5.74) is 0.212. The summed E-state index contributed by atoms with van der Waals surface area (Å²) in [6.07, 6.45) is 0.176. The highest BCUT2D eigenvalue weighted by molar-refractivity contribution is 7.16. The van der Waals surface area contributed by atoms with Gasteiger partial charge < -0.3 is 0 Å². The summed E-state index contributed by atoms with van der Waals surface area (Å²) in [7, 11) is 0. The molecule has 0 aliphatic carbocycles. The van der Waals surface area contributed by atoms with Crippen LogP contribution in [0.1, 0.15) is 10.4 Å². The molecule has 0 fully saturated rings. The molecule has 1 aromatic carbocycles. The van der Waals surface area contributed by atoms with Crippen molar-refractivity contribution in [3.05, 3.63) is 56.7 Å². The number of hydrogen-bond acceptors (Lipinski definition) is 2. The summed E-state index contributed by atoms with van der Waals surface area (Å²) in [6, 6.07) is 6.71. The number of hydrogen-bond donors (Lipinski definition) is 0. The SMILES string of the molecule is O=C(Cc1ccc(Cl)s1)Cc1ccc(F)cc1F. The molecule has 0 bridgehead atoms. The minimum absolute atomic E-state index is 0.0400. The van der Waals surface area contributed by atoms with E-state index in [0.717, 1.165) is 17.0 Å². The van der Waals surface area contributed by atoms with Gasteiger partial charge in [-0.1, -0.05) is 17.7 Å². The van der Waals surface area contributed by atoms with Gasteiger partial charge in [-0.2, -0.15) is 0 Å². The van der Waals surface area contributed by atoms with Crippen molar-refractivity contribution in [2.45, 2.75) is 12.8 Å². The Morgan fingerprint density at radius 2 is 1.94 bits per heavy atom. The average molecular weight is 287 g/mol. The van der Waals surface area contributed by atoms with Crippen molar-refractivity contribution in [1.82, 2.24) is 0 Å². The Hall–Kier alpha value is -1.26. The minimum atomic E-state index is -0.687. The number of benzene rings is 1. The van der Waals surface area contributed by atoms with Gasteiger partial charge in [0.25, 0.3) is 0 Å². The third kappa shape index (κ3) is 3.37. The van der Waals surface area contributed by atoms with Crippen LogP contribution in [-0.2, 0) is 17.6 Å². The van der Waals surface area contributed by atoms with Crippen molar-refractivity contribution in [2.75, 3.05) is 0 Å². The van der Waals surface area contributed by atoms with Gasteiger partial charge in [0.2, 0.25) is 0 Å². The van der Waals surface area contributed by atoms with Gasteiger partial charge in [0.05, 0.1) is 4.34 Å². The number of carbonyl (C=O) groups is 1. The fraction of sp³-hybridized carbons (Fsp3) is 0.154. The molecule has 18 heavy (non-hydrogen) atoms. The summed E-state index contributed by atoms with van der Waals surface area (Å²) in [5.74, 6) is -1.46. The van der Waals surface area contributed by atoms with Crippen LogP contribution >= 0.6 is 22.9 Å². The maximum Gasteiger partial charge on any atom is 0.142 e. The van der Waals surface area contributed by atoms with Crippen LogP contribution in [0, 0.1) is 11.6 Å². The van der Waals surface area contributed by atoms with Gasteiger partial charge in [0, 0.05) is 23.8 Å². The van der Waals surface area contributed by atoms with Crippen LogP contribution < -0.4 is 0 Å². The van der Waals surface area contributed by atoms with Crippen molar-refractivity contribution >= 4 is 28.7 Å². The van der Waals surface area contributed by atoms with E-state index >= 15 is 0 Å². The van der Waals surface area contributed by atoms with Crippen LogP contribution in [0.3, 0.4) is 0 Å². The zero-order chi connectivity index (χ0) is 13.1. The summed E-state index contributed by atoms with van der Waals surface area (Å²) < 4.78 is 26.7. The Morgan fingerprint density at radius 1 is 1.17 bits per heavy atom. The van der Waals surface area contributed by atoms with Crippen LogP contribution in [0.25, 0.3) is 0 Å². The number of halogens is 3. The molecule has 0 atom stereocenters. The van der Waals surface area contributed by atoms with Crippen LogP contribution in [-0.4, -0.2) is 5.78 Å². The van der Waals surface area contributed by atoms with Crippen LogP contribution in [0.2, 0.25) is 4.34 Å². The second kappa shape index (κ2) is 5.59. The quantitative estimate of drug-likeness (QED) is 0.829. The third-order valence-corrected chi connectivity index (χ3v) is 3.63. The lowest BCUT2D eigenvalue weighted by Gasteiger charge is -2.02. The van der Waals surface area contributed by atoms with Gasteiger partial charge in [0.1, 0.15) is 17.4 Å². The molecule has 0 saturated heterocycles.